The van der Waals surface area contributed by atoms with Crippen molar-refractivity contribution in [1.82, 2.24) is 5.32 Å². The zero-order chi connectivity index (χ0) is 13.6. The van der Waals surface area contributed by atoms with Gasteiger partial charge in [0.15, 0.2) is 0 Å². The molecule has 3 heteroatoms. The van der Waals surface area contributed by atoms with Crippen molar-refractivity contribution in [3.05, 3.63) is 0 Å². The molecule has 2 unspecified atom stereocenters. The summed E-state index contributed by atoms with van der Waals surface area (Å²) in [4.78, 5) is 12.2. The quantitative estimate of drug-likeness (QED) is 0.710. The number of carbonyl (C=O) groups excluding carboxylic acids is 1. The van der Waals surface area contributed by atoms with Crippen LogP contribution in [0.5, 0.6) is 0 Å². The third-order valence-corrected chi connectivity index (χ3v) is 4.41. The molecule has 18 heavy (non-hydrogen) atoms. The van der Waals surface area contributed by atoms with Gasteiger partial charge in [0, 0.05) is 6.04 Å². The van der Waals surface area contributed by atoms with Crippen molar-refractivity contribution in [3.8, 4) is 0 Å². The highest BCUT2D eigenvalue weighted by atomic mass is 16.5. The van der Waals surface area contributed by atoms with E-state index in [0.717, 1.165) is 19.3 Å². The van der Waals surface area contributed by atoms with E-state index in [1.165, 1.54) is 32.8 Å². The van der Waals surface area contributed by atoms with Crippen LogP contribution in [0.15, 0.2) is 0 Å². The zero-order valence-corrected chi connectivity index (χ0v) is 12.4. The Kier molecular flexibility index (Phi) is 6.13. The smallest absolute Gasteiger partial charge is 0.326 e. The fourth-order valence-electron chi connectivity index (χ4n) is 2.99. The van der Waals surface area contributed by atoms with Gasteiger partial charge in [0.05, 0.1) is 7.11 Å². The highest BCUT2D eigenvalue weighted by molar-refractivity contribution is 5.80. The van der Waals surface area contributed by atoms with Gasteiger partial charge in [0.2, 0.25) is 0 Å². The van der Waals surface area contributed by atoms with E-state index < -0.39 is 5.54 Å². The van der Waals surface area contributed by atoms with Gasteiger partial charge in [-0.1, -0.05) is 40.0 Å². The number of esters is 1. The van der Waals surface area contributed by atoms with E-state index >= 15 is 0 Å². The van der Waals surface area contributed by atoms with Gasteiger partial charge in [-0.05, 0) is 31.6 Å². The molecular formula is C15H29NO2. The van der Waals surface area contributed by atoms with E-state index in [1.807, 2.05) is 0 Å². The lowest BCUT2D eigenvalue weighted by molar-refractivity contribution is -0.150. The Bertz CT molecular complexity index is 261. The molecule has 1 fully saturated rings. The lowest BCUT2D eigenvalue weighted by Crippen LogP contribution is -2.56. The van der Waals surface area contributed by atoms with E-state index in [-0.39, 0.29) is 5.97 Å². The highest BCUT2D eigenvalue weighted by Crippen LogP contribution is 2.28. The number of ether oxygens (including phenoxy) is 1. The lowest BCUT2D eigenvalue weighted by Gasteiger charge is -2.36. The van der Waals surface area contributed by atoms with Gasteiger partial charge in [-0.2, -0.15) is 0 Å². The molecule has 0 bridgehead atoms. The Labute approximate surface area is 112 Å². The summed E-state index contributed by atoms with van der Waals surface area (Å²) in [6.45, 7) is 6.48. The number of rotatable bonds is 7. The fraction of sp³-hybridized carbons (Fsp3) is 0.933. The second-order valence-corrected chi connectivity index (χ2v) is 5.77. The average molecular weight is 255 g/mol. The SMILES string of the molecule is CCC(C)CC(CC)(NC1CCCC1)C(=O)OC. The molecule has 3 nitrogen and oxygen atoms in total. The first-order chi connectivity index (χ1) is 8.57. The minimum atomic E-state index is -0.473. The van der Waals surface area contributed by atoms with E-state index in [4.69, 9.17) is 4.74 Å². The Morgan fingerprint density at radius 2 is 2.00 bits per heavy atom. The summed E-state index contributed by atoms with van der Waals surface area (Å²) in [5.41, 5.74) is -0.473. The minimum Gasteiger partial charge on any atom is -0.468 e. The first-order valence-electron chi connectivity index (χ1n) is 7.44. The molecule has 0 amide bonds. The van der Waals surface area contributed by atoms with Crippen molar-refractivity contribution >= 4 is 5.97 Å². The van der Waals surface area contributed by atoms with Crippen molar-refractivity contribution in [2.45, 2.75) is 77.3 Å². The predicted molar refractivity (Wildman–Crippen MR) is 74.5 cm³/mol. The molecule has 0 aromatic carbocycles. The third-order valence-electron chi connectivity index (χ3n) is 4.41. The van der Waals surface area contributed by atoms with Gasteiger partial charge in [-0.3, -0.25) is 10.1 Å². The maximum Gasteiger partial charge on any atom is 0.326 e. The molecule has 1 N–H and O–H groups in total. The highest BCUT2D eigenvalue weighted by Gasteiger charge is 2.40. The number of hydrogen-bond acceptors (Lipinski definition) is 3. The van der Waals surface area contributed by atoms with Gasteiger partial charge in [-0.25, -0.2) is 0 Å². The van der Waals surface area contributed by atoms with E-state index in [9.17, 15) is 4.79 Å². The standard InChI is InChI=1S/C15H29NO2/c1-5-12(3)11-15(6-2,14(17)18-4)16-13-9-7-8-10-13/h12-13,16H,5-11H2,1-4H3. The fourth-order valence-corrected chi connectivity index (χ4v) is 2.99. The monoisotopic (exact) mass is 255 g/mol. The number of carbonyl (C=O) groups is 1. The summed E-state index contributed by atoms with van der Waals surface area (Å²) in [5, 5.41) is 3.62. The van der Waals surface area contributed by atoms with Gasteiger partial charge in [0.1, 0.15) is 5.54 Å². The Morgan fingerprint density at radius 3 is 2.44 bits per heavy atom. The molecule has 0 aromatic heterocycles. The molecule has 0 heterocycles. The zero-order valence-electron chi connectivity index (χ0n) is 12.4. The Morgan fingerprint density at radius 1 is 1.39 bits per heavy atom. The summed E-state index contributed by atoms with van der Waals surface area (Å²) in [7, 11) is 1.50. The molecule has 0 radical (unpaired) electrons. The van der Waals surface area contributed by atoms with Crippen LogP contribution in [0.1, 0.15) is 65.7 Å². The molecule has 1 aliphatic rings. The molecule has 2 atom stereocenters. The molecule has 1 aliphatic carbocycles. The van der Waals surface area contributed by atoms with Crippen molar-refractivity contribution in [2.24, 2.45) is 5.92 Å². The van der Waals surface area contributed by atoms with Crippen LogP contribution in [0.3, 0.4) is 0 Å². The minimum absolute atomic E-state index is 0.0859. The van der Waals surface area contributed by atoms with E-state index in [1.54, 1.807) is 0 Å². The maximum atomic E-state index is 12.2. The maximum absolute atomic E-state index is 12.2. The second kappa shape index (κ2) is 7.13. The summed E-state index contributed by atoms with van der Waals surface area (Å²) in [6.07, 6.45) is 7.73. The Hall–Kier alpha value is -0.570. The van der Waals surface area contributed by atoms with Crippen LogP contribution in [-0.2, 0) is 9.53 Å². The summed E-state index contributed by atoms with van der Waals surface area (Å²) < 4.78 is 5.06. The van der Waals surface area contributed by atoms with Gasteiger partial charge in [0.25, 0.3) is 0 Å². The molecule has 106 valence electrons. The molecule has 0 saturated heterocycles. The molecule has 1 saturated carbocycles. The summed E-state index contributed by atoms with van der Waals surface area (Å²) in [5.74, 6) is 0.454. The molecule has 0 spiro atoms. The van der Waals surface area contributed by atoms with Gasteiger partial charge >= 0.3 is 5.97 Å². The first-order valence-corrected chi connectivity index (χ1v) is 7.44. The van der Waals surface area contributed by atoms with Crippen LogP contribution in [0, 0.1) is 5.92 Å². The number of methoxy groups -OCH3 is 1. The number of hydrogen-bond donors (Lipinski definition) is 1. The molecular weight excluding hydrogens is 226 g/mol. The van der Waals surface area contributed by atoms with E-state index in [0.29, 0.717) is 12.0 Å². The normalized spacial score (nSPS) is 21.6. The largest absolute Gasteiger partial charge is 0.468 e. The van der Waals surface area contributed by atoms with Crippen LogP contribution in [0.25, 0.3) is 0 Å². The van der Waals surface area contributed by atoms with Crippen LogP contribution in [0.2, 0.25) is 0 Å². The van der Waals surface area contributed by atoms with Crippen LogP contribution >= 0.6 is 0 Å². The molecule has 1 rings (SSSR count). The molecule has 0 aromatic rings. The topological polar surface area (TPSA) is 38.3 Å². The van der Waals surface area contributed by atoms with Crippen LogP contribution in [-0.4, -0.2) is 24.7 Å². The third kappa shape index (κ3) is 3.71. The van der Waals surface area contributed by atoms with Gasteiger partial charge < -0.3 is 4.74 Å². The Balaban J connectivity index is 2.78. The second-order valence-electron chi connectivity index (χ2n) is 5.77. The van der Waals surface area contributed by atoms with Crippen molar-refractivity contribution in [3.63, 3.8) is 0 Å². The van der Waals surface area contributed by atoms with Crippen molar-refractivity contribution < 1.29 is 9.53 Å². The van der Waals surface area contributed by atoms with Crippen molar-refractivity contribution in [1.29, 1.82) is 0 Å². The van der Waals surface area contributed by atoms with E-state index in [2.05, 4.69) is 26.1 Å². The lowest BCUT2D eigenvalue weighted by atomic mass is 9.83. The summed E-state index contributed by atoms with van der Waals surface area (Å²) >= 11 is 0. The first kappa shape index (κ1) is 15.5. The average Bonchev–Trinajstić information content (AvgIpc) is 2.89. The van der Waals surface area contributed by atoms with Crippen LogP contribution < -0.4 is 5.32 Å². The van der Waals surface area contributed by atoms with Gasteiger partial charge in [-0.15, -0.1) is 0 Å². The predicted octanol–water partition coefficient (Wildman–Crippen LogP) is 3.28. The number of nitrogens with one attached hydrogen (secondary N) is 1. The van der Waals surface area contributed by atoms with Crippen LogP contribution in [0.4, 0.5) is 0 Å². The van der Waals surface area contributed by atoms with Crippen molar-refractivity contribution in [2.75, 3.05) is 7.11 Å². The molecule has 0 aliphatic heterocycles. The summed E-state index contributed by atoms with van der Waals surface area (Å²) in [6, 6.07) is 0.494.